The van der Waals surface area contributed by atoms with Gasteiger partial charge < -0.3 is 0 Å². The fourth-order valence-corrected chi connectivity index (χ4v) is 2.62. The van der Waals surface area contributed by atoms with E-state index in [4.69, 9.17) is 11.6 Å². The van der Waals surface area contributed by atoms with Gasteiger partial charge in [-0.25, -0.2) is 4.98 Å². The first kappa shape index (κ1) is 11.6. The molecule has 0 aliphatic heterocycles. The number of thiazole rings is 1. The lowest BCUT2D eigenvalue weighted by Crippen LogP contribution is -1.89. The van der Waals surface area contributed by atoms with E-state index in [1.807, 2.05) is 6.20 Å². The highest BCUT2D eigenvalue weighted by atomic mass is 35.5. The molecular formula is C13H14ClNS. The Morgan fingerprint density at radius 3 is 2.69 bits per heavy atom. The number of hydrogen-bond acceptors (Lipinski definition) is 2. The second kappa shape index (κ2) is 4.98. The van der Waals surface area contributed by atoms with E-state index in [1.165, 1.54) is 16.7 Å². The second-order valence-electron chi connectivity index (χ2n) is 3.95. The zero-order valence-electron chi connectivity index (χ0n) is 9.46. The molecule has 16 heavy (non-hydrogen) atoms. The average molecular weight is 252 g/mol. The second-order valence-corrected chi connectivity index (χ2v) is 5.42. The maximum Gasteiger partial charge on any atom is 0.0971 e. The molecule has 0 saturated carbocycles. The van der Waals surface area contributed by atoms with Crippen molar-refractivity contribution < 1.29 is 0 Å². The van der Waals surface area contributed by atoms with Crippen LogP contribution in [0.5, 0.6) is 0 Å². The summed E-state index contributed by atoms with van der Waals surface area (Å²) in [6.07, 6.45) is 2.77. The number of nitrogens with zero attached hydrogens (tertiary/aromatic N) is 1. The monoisotopic (exact) mass is 251 g/mol. The van der Waals surface area contributed by atoms with Crippen molar-refractivity contribution in [1.29, 1.82) is 0 Å². The van der Waals surface area contributed by atoms with Gasteiger partial charge in [0.05, 0.1) is 10.9 Å². The maximum atomic E-state index is 5.76. The van der Waals surface area contributed by atoms with E-state index in [1.54, 1.807) is 11.3 Å². The summed E-state index contributed by atoms with van der Waals surface area (Å²) in [7, 11) is 0. The number of halogens is 1. The van der Waals surface area contributed by atoms with Crippen molar-refractivity contribution in [3.8, 4) is 0 Å². The summed E-state index contributed by atoms with van der Waals surface area (Å²) in [5.74, 6) is 0.560. The van der Waals surface area contributed by atoms with Gasteiger partial charge in [-0.05, 0) is 30.5 Å². The highest BCUT2D eigenvalue weighted by molar-refractivity contribution is 7.11. The molecule has 0 bridgehead atoms. The third-order valence-corrected chi connectivity index (χ3v) is 4.10. The lowest BCUT2D eigenvalue weighted by molar-refractivity contribution is 1.12. The van der Waals surface area contributed by atoms with Crippen LogP contribution in [0.15, 0.2) is 24.4 Å². The van der Waals surface area contributed by atoms with Crippen molar-refractivity contribution >= 4 is 22.9 Å². The molecule has 1 aromatic carbocycles. The fourth-order valence-electron chi connectivity index (χ4n) is 1.58. The highest BCUT2D eigenvalue weighted by Gasteiger charge is 2.03. The van der Waals surface area contributed by atoms with Crippen LogP contribution in [0.4, 0.5) is 0 Å². The quantitative estimate of drug-likeness (QED) is 0.749. The average Bonchev–Trinajstić information content (AvgIpc) is 2.71. The molecule has 3 heteroatoms. The molecule has 2 rings (SSSR count). The van der Waals surface area contributed by atoms with E-state index < -0.39 is 0 Å². The third kappa shape index (κ3) is 2.63. The fraction of sp³-hybridized carbons (Fsp3) is 0.308. The largest absolute Gasteiger partial charge is 0.249 e. The van der Waals surface area contributed by atoms with E-state index in [0.717, 1.165) is 16.3 Å². The topological polar surface area (TPSA) is 12.9 Å². The van der Waals surface area contributed by atoms with E-state index in [-0.39, 0.29) is 0 Å². The lowest BCUT2D eigenvalue weighted by Gasteiger charge is -2.03. The number of aryl methyl sites for hydroxylation is 2. The molecule has 2 aromatic rings. The van der Waals surface area contributed by atoms with Gasteiger partial charge >= 0.3 is 0 Å². The van der Waals surface area contributed by atoms with Gasteiger partial charge in [-0.2, -0.15) is 0 Å². The third-order valence-electron chi connectivity index (χ3n) is 2.66. The van der Waals surface area contributed by atoms with E-state index in [2.05, 4.69) is 37.0 Å². The van der Waals surface area contributed by atoms with Crippen LogP contribution in [-0.2, 0) is 12.3 Å². The van der Waals surface area contributed by atoms with Crippen LogP contribution in [0.1, 0.15) is 26.6 Å². The molecule has 1 aromatic heterocycles. The Kier molecular flexibility index (Phi) is 3.62. The van der Waals surface area contributed by atoms with Crippen molar-refractivity contribution in [2.75, 3.05) is 0 Å². The first-order valence-electron chi connectivity index (χ1n) is 5.24. The van der Waals surface area contributed by atoms with Crippen molar-refractivity contribution in [2.24, 2.45) is 0 Å². The highest BCUT2D eigenvalue weighted by Crippen LogP contribution is 2.19. The lowest BCUT2D eigenvalue weighted by atomic mass is 10.0. The van der Waals surface area contributed by atoms with Gasteiger partial charge in [-0.3, -0.25) is 0 Å². The van der Waals surface area contributed by atoms with Crippen LogP contribution in [-0.4, -0.2) is 4.98 Å². The molecule has 0 fully saturated rings. The van der Waals surface area contributed by atoms with Crippen LogP contribution in [0, 0.1) is 13.8 Å². The summed E-state index contributed by atoms with van der Waals surface area (Å²) in [5.41, 5.74) is 3.99. The van der Waals surface area contributed by atoms with E-state index in [0.29, 0.717) is 5.88 Å². The standard InChI is InChI=1S/C13H14ClNS/c1-9-3-4-11(5-10(9)2)6-13-15-8-12(7-14)16-13/h3-5,8H,6-7H2,1-2H3. The Hall–Kier alpha value is -0.860. The molecule has 84 valence electrons. The Balaban J connectivity index is 2.17. The van der Waals surface area contributed by atoms with Gasteiger partial charge in [-0.1, -0.05) is 18.2 Å². The van der Waals surface area contributed by atoms with Crippen molar-refractivity contribution in [1.82, 2.24) is 4.98 Å². The Morgan fingerprint density at radius 1 is 1.25 bits per heavy atom. The summed E-state index contributed by atoms with van der Waals surface area (Å²) < 4.78 is 0. The SMILES string of the molecule is Cc1ccc(Cc2ncc(CCl)s2)cc1C. The smallest absolute Gasteiger partial charge is 0.0971 e. The number of benzene rings is 1. The van der Waals surface area contributed by atoms with Crippen molar-refractivity contribution in [3.05, 3.63) is 51.0 Å². The zero-order valence-corrected chi connectivity index (χ0v) is 11.0. The van der Waals surface area contributed by atoms with Crippen molar-refractivity contribution in [3.63, 3.8) is 0 Å². The number of rotatable bonds is 3. The summed E-state index contributed by atoms with van der Waals surface area (Å²) in [6, 6.07) is 6.57. The first-order valence-corrected chi connectivity index (χ1v) is 6.60. The molecule has 0 saturated heterocycles. The van der Waals surface area contributed by atoms with Gasteiger partial charge in [0.25, 0.3) is 0 Å². The molecule has 0 atom stereocenters. The molecule has 0 aliphatic rings. The minimum atomic E-state index is 0.560. The van der Waals surface area contributed by atoms with Gasteiger partial charge in [0.2, 0.25) is 0 Å². The molecule has 0 amide bonds. The van der Waals surface area contributed by atoms with Crippen LogP contribution < -0.4 is 0 Å². The van der Waals surface area contributed by atoms with E-state index >= 15 is 0 Å². The predicted octanol–water partition coefficient (Wildman–Crippen LogP) is 4.09. The Bertz CT molecular complexity index is 490. The molecule has 0 spiro atoms. The summed E-state index contributed by atoms with van der Waals surface area (Å²) in [6.45, 7) is 4.28. The van der Waals surface area contributed by atoms with E-state index in [9.17, 15) is 0 Å². The van der Waals surface area contributed by atoms with Crippen LogP contribution in [0.25, 0.3) is 0 Å². The number of hydrogen-bond donors (Lipinski definition) is 0. The van der Waals surface area contributed by atoms with Crippen LogP contribution >= 0.6 is 22.9 Å². The minimum absolute atomic E-state index is 0.560. The Morgan fingerprint density at radius 2 is 2.06 bits per heavy atom. The minimum Gasteiger partial charge on any atom is -0.249 e. The molecule has 0 aliphatic carbocycles. The molecule has 0 radical (unpaired) electrons. The molecule has 1 nitrogen and oxygen atoms in total. The molecule has 0 unspecified atom stereocenters. The summed E-state index contributed by atoms with van der Waals surface area (Å²) in [5, 5.41) is 1.14. The maximum absolute atomic E-state index is 5.76. The molecule has 1 heterocycles. The summed E-state index contributed by atoms with van der Waals surface area (Å²) >= 11 is 7.45. The number of aromatic nitrogens is 1. The van der Waals surface area contributed by atoms with Gasteiger partial charge in [0, 0.05) is 17.5 Å². The van der Waals surface area contributed by atoms with Gasteiger partial charge in [-0.15, -0.1) is 22.9 Å². The first-order chi connectivity index (χ1) is 7.69. The van der Waals surface area contributed by atoms with Gasteiger partial charge in [0.1, 0.15) is 0 Å². The van der Waals surface area contributed by atoms with Gasteiger partial charge in [0.15, 0.2) is 0 Å². The van der Waals surface area contributed by atoms with Crippen molar-refractivity contribution in [2.45, 2.75) is 26.1 Å². The van der Waals surface area contributed by atoms with Crippen LogP contribution in [0.3, 0.4) is 0 Å². The molecule has 0 N–H and O–H groups in total. The predicted molar refractivity (Wildman–Crippen MR) is 70.4 cm³/mol. The van der Waals surface area contributed by atoms with Crippen LogP contribution in [0.2, 0.25) is 0 Å². The Labute approximate surface area is 105 Å². The normalized spacial score (nSPS) is 10.7. The summed E-state index contributed by atoms with van der Waals surface area (Å²) in [4.78, 5) is 5.51. The molecular weight excluding hydrogens is 238 g/mol. The zero-order chi connectivity index (χ0) is 11.5. The number of alkyl halides is 1.